The zero-order valence-corrected chi connectivity index (χ0v) is 22.1. The van der Waals surface area contributed by atoms with Crippen LogP contribution in [0.2, 0.25) is 0 Å². The van der Waals surface area contributed by atoms with Crippen molar-refractivity contribution in [2.45, 2.75) is 44.1 Å². The summed E-state index contributed by atoms with van der Waals surface area (Å²) in [6.07, 6.45) is 5.69. The molecule has 1 aliphatic rings. The summed E-state index contributed by atoms with van der Waals surface area (Å²) in [7, 11) is 0. The van der Waals surface area contributed by atoms with Crippen LogP contribution in [0.15, 0.2) is 60.7 Å². The normalized spacial score (nSPS) is 13.6. The smallest absolute Gasteiger partial charge is 0.229 e. The second-order valence-electron chi connectivity index (χ2n) is 9.46. The molecule has 5 N–H and O–H groups in total. The molecule has 9 nitrogen and oxygen atoms in total. The maximum atomic E-state index is 5.61. The van der Waals surface area contributed by atoms with Gasteiger partial charge in [-0.3, -0.25) is 0 Å². The predicted molar refractivity (Wildman–Crippen MR) is 153 cm³/mol. The highest BCUT2D eigenvalue weighted by Crippen LogP contribution is 2.28. The Bertz CT molecular complexity index is 1010. The monoisotopic (exact) mass is 519 g/mol. The molecule has 3 aromatic rings. The van der Waals surface area contributed by atoms with Gasteiger partial charge in [-0.1, -0.05) is 73.5 Å². The summed E-state index contributed by atoms with van der Waals surface area (Å²) in [5, 5.41) is 10.2. The Balaban J connectivity index is 1.36. The lowest BCUT2D eigenvalue weighted by Gasteiger charge is -2.19. The summed E-state index contributed by atoms with van der Waals surface area (Å²) in [5.74, 6) is 2.00. The predicted octanol–water partition coefficient (Wildman–Crippen LogP) is 4.26. The van der Waals surface area contributed by atoms with E-state index in [1.165, 1.54) is 24.0 Å². The average Bonchev–Trinajstić information content (AvgIpc) is 3.46. The fraction of sp³-hybridized carbons (Fsp3) is 0.483. The highest BCUT2D eigenvalue weighted by Gasteiger charge is 2.18. The van der Waals surface area contributed by atoms with Gasteiger partial charge < -0.3 is 31.2 Å². The number of anilines is 3. The summed E-state index contributed by atoms with van der Waals surface area (Å²) in [4.78, 5) is 13.9. The van der Waals surface area contributed by atoms with Crippen molar-refractivity contribution < 1.29 is 9.47 Å². The molecule has 0 bridgehead atoms. The lowest BCUT2D eigenvalue weighted by atomic mass is 9.88. The molecule has 0 radical (unpaired) electrons. The van der Waals surface area contributed by atoms with Crippen LogP contribution >= 0.6 is 0 Å². The van der Waals surface area contributed by atoms with E-state index >= 15 is 0 Å². The van der Waals surface area contributed by atoms with E-state index in [4.69, 9.17) is 15.2 Å². The van der Waals surface area contributed by atoms with E-state index in [0.29, 0.717) is 63.4 Å². The first-order valence-corrected chi connectivity index (χ1v) is 13.8. The zero-order chi connectivity index (χ0) is 26.3. The number of nitrogens with two attached hydrogens (primary N) is 1. The first-order valence-electron chi connectivity index (χ1n) is 13.8. The minimum absolute atomic E-state index is 0.284. The summed E-state index contributed by atoms with van der Waals surface area (Å²) in [6.45, 7) is 4.00. The number of nitrogens with zero attached hydrogens (tertiary/aromatic N) is 3. The van der Waals surface area contributed by atoms with Crippen molar-refractivity contribution in [1.82, 2.24) is 15.0 Å². The van der Waals surface area contributed by atoms with Gasteiger partial charge in [0, 0.05) is 31.6 Å². The molecule has 2 aromatic carbocycles. The fourth-order valence-corrected chi connectivity index (χ4v) is 4.72. The van der Waals surface area contributed by atoms with Crippen LogP contribution in [0.1, 0.15) is 49.1 Å². The molecule has 0 spiro atoms. The molecule has 1 heterocycles. The van der Waals surface area contributed by atoms with Crippen LogP contribution in [0.5, 0.6) is 0 Å². The van der Waals surface area contributed by atoms with Crippen molar-refractivity contribution in [3.63, 3.8) is 0 Å². The van der Waals surface area contributed by atoms with Crippen LogP contribution in [-0.2, 0) is 9.47 Å². The standard InChI is InChI=1S/C29H41N7O2/c30-16-19-37-21-22-38-20-18-32-28-34-27(35-29(36-28)33-25-13-7-8-14-25)31-17-15-26(23-9-3-1-4-10-23)24-11-5-2-6-12-24/h1-6,9-12,25-26H,7-8,13-22,30H2,(H3,31,32,33,34,35,36). The van der Waals surface area contributed by atoms with E-state index in [-0.39, 0.29) is 5.92 Å². The lowest BCUT2D eigenvalue weighted by molar-refractivity contribution is 0.0547. The summed E-state index contributed by atoms with van der Waals surface area (Å²) < 4.78 is 10.9. The molecule has 1 fully saturated rings. The number of nitrogens with one attached hydrogen (secondary N) is 3. The molecule has 0 saturated heterocycles. The van der Waals surface area contributed by atoms with Gasteiger partial charge in [-0.15, -0.1) is 0 Å². The third kappa shape index (κ3) is 9.24. The number of benzene rings is 2. The molecule has 0 atom stereocenters. The van der Waals surface area contributed by atoms with Crippen LogP contribution in [0.3, 0.4) is 0 Å². The molecule has 204 valence electrons. The van der Waals surface area contributed by atoms with Crippen LogP contribution in [-0.4, -0.2) is 67.1 Å². The van der Waals surface area contributed by atoms with Crippen molar-refractivity contribution in [2.24, 2.45) is 5.73 Å². The molecule has 1 aliphatic carbocycles. The van der Waals surface area contributed by atoms with Crippen molar-refractivity contribution in [3.05, 3.63) is 71.8 Å². The van der Waals surface area contributed by atoms with Gasteiger partial charge >= 0.3 is 0 Å². The zero-order valence-electron chi connectivity index (χ0n) is 22.1. The quantitative estimate of drug-likeness (QED) is 0.194. The van der Waals surface area contributed by atoms with E-state index in [2.05, 4.69) is 91.6 Å². The third-order valence-corrected chi connectivity index (χ3v) is 6.61. The molecule has 4 rings (SSSR count). The van der Waals surface area contributed by atoms with E-state index in [1.54, 1.807) is 0 Å². The minimum Gasteiger partial charge on any atom is -0.378 e. The first-order chi connectivity index (χ1) is 18.8. The topological polar surface area (TPSA) is 119 Å². The van der Waals surface area contributed by atoms with Gasteiger partial charge in [0.15, 0.2) is 0 Å². The lowest BCUT2D eigenvalue weighted by Crippen LogP contribution is -2.20. The van der Waals surface area contributed by atoms with Crippen molar-refractivity contribution >= 4 is 17.8 Å². The van der Waals surface area contributed by atoms with Crippen molar-refractivity contribution in [3.8, 4) is 0 Å². The second-order valence-corrected chi connectivity index (χ2v) is 9.46. The van der Waals surface area contributed by atoms with Crippen LogP contribution in [0.25, 0.3) is 0 Å². The highest BCUT2D eigenvalue weighted by molar-refractivity contribution is 5.43. The van der Waals surface area contributed by atoms with E-state index in [0.717, 1.165) is 25.8 Å². The Morgan fingerprint density at radius 1 is 0.711 bits per heavy atom. The molecule has 0 unspecified atom stereocenters. The third-order valence-electron chi connectivity index (χ3n) is 6.61. The van der Waals surface area contributed by atoms with Crippen molar-refractivity contribution in [1.29, 1.82) is 0 Å². The Labute approximate surface area is 226 Å². The number of hydrogen-bond donors (Lipinski definition) is 4. The fourth-order valence-electron chi connectivity index (χ4n) is 4.72. The molecule has 0 aliphatic heterocycles. The van der Waals surface area contributed by atoms with Crippen LogP contribution in [0.4, 0.5) is 17.8 Å². The van der Waals surface area contributed by atoms with Gasteiger partial charge in [0.05, 0.1) is 26.4 Å². The van der Waals surface area contributed by atoms with Crippen LogP contribution < -0.4 is 21.7 Å². The second kappa shape index (κ2) is 15.9. The van der Waals surface area contributed by atoms with Gasteiger partial charge in [0.25, 0.3) is 0 Å². The maximum absolute atomic E-state index is 5.61. The Hall–Kier alpha value is -3.27. The molecule has 1 saturated carbocycles. The molecular weight excluding hydrogens is 478 g/mol. The minimum atomic E-state index is 0.284. The summed E-state index contributed by atoms with van der Waals surface area (Å²) in [6, 6.07) is 21.7. The number of rotatable bonds is 17. The van der Waals surface area contributed by atoms with Gasteiger partial charge in [-0.05, 0) is 30.4 Å². The SMILES string of the molecule is NCCOCCOCCNc1nc(NCCC(c2ccccc2)c2ccccc2)nc(NC2CCCC2)n1. The van der Waals surface area contributed by atoms with E-state index in [9.17, 15) is 0 Å². The number of aromatic nitrogens is 3. The number of hydrogen-bond acceptors (Lipinski definition) is 9. The Morgan fingerprint density at radius 2 is 1.26 bits per heavy atom. The molecule has 38 heavy (non-hydrogen) atoms. The van der Waals surface area contributed by atoms with Gasteiger partial charge in [-0.2, -0.15) is 15.0 Å². The van der Waals surface area contributed by atoms with Crippen molar-refractivity contribution in [2.75, 3.05) is 62.0 Å². The average molecular weight is 520 g/mol. The summed E-state index contributed by atoms with van der Waals surface area (Å²) in [5.41, 5.74) is 8.03. The highest BCUT2D eigenvalue weighted by atomic mass is 16.5. The summed E-state index contributed by atoms with van der Waals surface area (Å²) >= 11 is 0. The van der Waals surface area contributed by atoms with Gasteiger partial charge in [-0.25, -0.2) is 0 Å². The molecular formula is C29H41N7O2. The van der Waals surface area contributed by atoms with Gasteiger partial charge in [0.1, 0.15) is 0 Å². The number of ether oxygens (including phenoxy) is 2. The van der Waals surface area contributed by atoms with E-state index < -0.39 is 0 Å². The molecule has 1 aromatic heterocycles. The Kier molecular flexibility index (Phi) is 11.6. The molecule has 9 heteroatoms. The van der Waals surface area contributed by atoms with Crippen LogP contribution in [0, 0.1) is 0 Å². The Morgan fingerprint density at radius 3 is 1.87 bits per heavy atom. The van der Waals surface area contributed by atoms with Gasteiger partial charge in [0.2, 0.25) is 17.8 Å². The largest absolute Gasteiger partial charge is 0.378 e. The molecule has 0 amide bonds. The first kappa shape index (κ1) is 27.8. The maximum Gasteiger partial charge on any atom is 0.229 e. The van der Waals surface area contributed by atoms with E-state index in [1.807, 2.05) is 0 Å².